The van der Waals surface area contributed by atoms with Crippen LogP contribution in [-0.2, 0) is 4.79 Å². The molecule has 19 heavy (non-hydrogen) atoms. The number of halogens is 1. The van der Waals surface area contributed by atoms with E-state index in [-0.39, 0.29) is 24.1 Å². The number of hydrogen-bond acceptors (Lipinski definition) is 3. The highest BCUT2D eigenvalue weighted by atomic mass is 79.9. The molecule has 104 valence electrons. The van der Waals surface area contributed by atoms with Crippen LogP contribution in [0, 0.1) is 0 Å². The van der Waals surface area contributed by atoms with Crippen LogP contribution >= 0.6 is 15.9 Å². The summed E-state index contributed by atoms with van der Waals surface area (Å²) in [7, 11) is 0. The third-order valence-corrected chi connectivity index (χ3v) is 3.94. The summed E-state index contributed by atoms with van der Waals surface area (Å²) in [4.78, 5) is 14.4. The SMILES string of the molecule is CC1(C)CNC(CCO)C(=O)N1c1ccc(Br)cc1. The molecule has 1 atom stereocenters. The largest absolute Gasteiger partial charge is 0.396 e. The minimum absolute atomic E-state index is 0.0119. The molecule has 0 bridgehead atoms. The number of amides is 1. The predicted molar refractivity (Wildman–Crippen MR) is 79.2 cm³/mol. The molecule has 1 unspecified atom stereocenters. The highest BCUT2D eigenvalue weighted by molar-refractivity contribution is 9.10. The fraction of sp³-hybridized carbons (Fsp3) is 0.500. The lowest BCUT2D eigenvalue weighted by Crippen LogP contribution is -2.65. The Balaban J connectivity index is 2.32. The summed E-state index contributed by atoms with van der Waals surface area (Å²) in [6, 6.07) is 7.43. The van der Waals surface area contributed by atoms with Crippen LogP contribution in [0.5, 0.6) is 0 Å². The Morgan fingerprint density at radius 3 is 2.63 bits per heavy atom. The van der Waals surface area contributed by atoms with Crippen molar-refractivity contribution in [1.82, 2.24) is 5.32 Å². The van der Waals surface area contributed by atoms with Crippen molar-refractivity contribution in [2.45, 2.75) is 31.8 Å². The summed E-state index contributed by atoms with van der Waals surface area (Å²) < 4.78 is 0.989. The first-order valence-corrected chi connectivity index (χ1v) is 7.19. The van der Waals surface area contributed by atoms with E-state index in [1.807, 2.05) is 43.0 Å². The Bertz CT molecular complexity index is 459. The van der Waals surface area contributed by atoms with Gasteiger partial charge in [0.25, 0.3) is 0 Å². The summed E-state index contributed by atoms with van der Waals surface area (Å²) in [5, 5.41) is 12.3. The van der Waals surface area contributed by atoms with Crippen LogP contribution in [0.1, 0.15) is 20.3 Å². The molecule has 0 aromatic heterocycles. The van der Waals surface area contributed by atoms with Gasteiger partial charge in [-0.2, -0.15) is 0 Å². The monoisotopic (exact) mass is 326 g/mol. The minimum Gasteiger partial charge on any atom is -0.396 e. The van der Waals surface area contributed by atoms with Crippen molar-refractivity contribution < 1.29 is 9.90 Å². The fourth-order valence-corrected chi connectivity index (χ4v) is 2.68. The van der Waals surface area contributed by atoms with Gasteiger partial charge in [-0.3, -0.25) is 4.79 Å². The first-order chi connectivity index (χ1) is 8.95. The summed E-state index contributed by atoms with van der Waals surface area (Å²) in [6.45, 7) is 4.79. The molecule has 1 fully saturated rings. The highest BCUT2D eigenvalue weighted by Gasteiger charge is 2.40. The molecule has 5 heteroatoms. The van der Waals surface area contributed by atoms with Gasteiger partial charge in [-0.1, -0.05) is 15.9 Å². The van der Waals surface area contributed by atoms with Crippen LogP contribution in [0.4, 0.5) is 5.69 Å². The number of benzene rings is 1. The van der Waals surface area contributed by atoms with Gasteiger partial charge < -0.3 is 15.3 Å². The molecule has 4 nitrogen and oxygen atoms in total. The van der Waals surface area contributed by atoms with Crippen molar-refractivity contribution in [3.05, 3.63) is 28.7 Å². The predicted octanol–water partition coefficient (Wildman–Crippen LogP) is 1.91. The molecule has 1 saturated heterocycles. The molecule has 1 amide bonds. The van der Waals surface area contributed by atoms with Gasteiger partial charge in [-0.25, -0.2) is 0 Å². The van der Waals surface area contributed by atoms with Gasteiger partial charge in [-0.05, 0) is 44.5 Å². The summed E-state index contributed by atoms with van der Waals surface area (Å²) in [6.07, 6.45) is 0.446. The van der Waals surface area contributed by atoms with E-state index >= 15 is 0 Å². The lowest BCUT2D eigenvalue weighted by atomic mass is 9.95. The quantitative estimate of drug-likeness (QED) is 0.892. The Morgan fingerprint density at radius 2 is 2.05 bits per heavy atom. The molecule has 0 radical (unpaired) electrons. The number of nitrogens with one attached hydrogen (secondary N) is 1. The Hall–Kier alpha value is -0.910. The van der Waals surface area contributed by atoms with Crippen molar-refractivity contribution in [2.24, 2.45) is 0 Å². The zero-order valence-electron chi connectivity index (χ0n) is 11.2. The van der Waals surface area contributed by atoms with Crippen LogP contribution in [0.15, 0.2) is 28.7 Å². The maximum absolute atomic E-state index is 12.6. The smallest absolute Gasteiger partial charge is 0.244 e. The molecule has 1 aliphatic heterocycles. The lowest BCUT2D eigenvalue weighted by Gasteiger charge is -2.45. The number of aliphatic hydroxyl groups excluding tert-OH is 1. The number of carbonyl (C=O) groups excluding carboxylic acids is 1. The zero-order valence-corrected chi connectivity index (χ0v) is 12.8. The summed E-state index contributed by atoms with van der Waals surface area (Å²) >= 11 is 3.40. The van der Waals surface area contributed by atoms with Crippen molar-refractivity contribution in [1.29, 1.82) is 0 Å². The third-order valence-electron chi connectivity index (χ3n) is 3.41. The average molecular weight is 327 g/mol. The third kappa shape index (κ3) is 2.99. The molecule has 2 N–H and O–H groups in total. The van der Waals surface area contributed by atoms with Crippen molar-refractivity contribution >= 4 is 27.5 Å². The van der Waals surface area contributed by atoms with E-state index in [4.69, 9.17) is 5.11 Å². The fourth-order valence-electron chi connectivity index (χ4n) is 2.42. The molecule has 0 saturated carbocycles. The van der Waals surface area contributed by atoms with Gasteiger partial charge in [0.1, 0.15) is 0 Å². The second-order valence-electron chi connectivity index (χ2n) is 5.41. The lowest BCUT2D eigenvalue weighted by molar-refractivity contribution is -0.123. The van der Waals surface area contributed by atoms with E-state index in [0.717, 1.165) is 10.2 Å². The van der Waals surface area contributed by atoms with E-state index in [2.05, 4.69) is 21.2 Å². The number of anilines is 1. The zero-order chi connectivity index (χ0) is 14.0. The highest BCUT2D eigenvalue weighted by Crippen LogP contribution is 2.29. The Labute approximate surface area is 121 Å². The molecule has 1 aromatic rings. The molecule has 2 rings (SSSR count). The Morgan fingerprint density at radius 1 is 1.42 bits per heavy atom. The molecule has 1 aliphatic rings. The number of piperazine rings is 1. The maximum atomic E-state index is 12.6. The number of hydrogen-bond donors (Lipinski definition) is 2. The second kappa shape index (κ2) is 5.61. The average Bonchev–Trinajstić information content (AvgIpc) is 2.35. The molecule has 0 spiro atoms. The van der Waals surface area contributed by atoms with Crippen LogP contribution in [-0.4, -0.2) is 35.7 Å². The Kier molecular flexibility index (Phi) is 4.28. The van der Waals surface area contributed by atoms with Crippen molar-refractivity contribution in [3.63, 3.8) is 0 Å². The summed E-state index contributed by atoms with van der Waals surface area (Å²) in [5.41, 5.74) is 0.610. The normalized spacial score (nSPS) is 22.6. The number of nitrogens with zero attached hydrogens (tertiary/aromatic N) is 1. The standard InChI is InChI=1S/C14H19BrN2O2/c1-14(2)9-16-12(7-8-18)13(19)17(14)11-5-3-10(15)4-6-11/h3-6,12,16,18H,7-9H2,1-2H3. The van der Waals surface area contributed by atoms with Gasteiger partial charge in [0.15, 0.2) is 0 Å². The first kappa shape index (κ1) is 14.5. The molecule has 1 aromatic carbocycles. The number of rotatable bonds is 3. The van der Waals surface area contributed by atoms with Crippen LogP contribution in [0.3, 0.4) is 0 Å². The molecular formula is C14H19BrN2O2. The number of carbonyl (C=O) groups is 1. The van der Waals surface area contributed by atoms with E-state index in [9.17, 15) is 4.79 Å². The van der Waals surface area contributed by atoms with Crippen LogP contribution in [0.25, 0.3) is 0 Å². The van der Waals surface area contributed by atoms with Gasteiger partial charge >= 0.3 is 0 Å². The topological polar surface area (TPSA) is 52.6 Å². The maximum Gasteiger partial charge on any atom is 0.244 e. The van der Waals surface area contributed by atoms with Crippen LogP contribution < -0.4 is 10.2 Å². The van der Waals surface area contributed by atoms with E-state index in [0.29, 0.717) is 13.0 Å². The van der Waals surface area contributed by atoms with Crippen LogP contribution in [0.2, 0.25) is 0 Å². The molecular weight excluding hydrogens is 308 g/mol. The van der Waals surface area contributed by atoms with Gasteiger partial charge in [0, 0.05) is 23.3 Å². The van der Waals surface area contributed by atoms with Gasteiger partial charge in [0.2, 0.25) is 5.91 Å². The van der Waals surface area contributed by atoms with E-state index in [1.54, 1.807) is 0 Å². The molecule has 1 heterocycles. The van der Waals surface area contributed by atoms with Gasteiger partial charge in [0.05, 0.1) is 11.6 Å². The minimum atomic E-state index is -0.304. The van der Waals surface area contributed by atoms with Crippen molar-refractivity contribution in [3.8, 4) is 0 Å². The van der Waals surface area contributed by atoms with E-state index < -0.39 is 0 Å². The number of aliphatic hydroxyl groups is 1. The van der Waals surface area contributed by atoms with Gasteiger partial charge in [-0.15, -0.1) is 0 Å². The first-order valence-electron chi connectivity index (χ1n) is 6.39. The van der Waals surface area contributed by atoms with Crippen molar-refractivity contribution in [2.75, 3.05) is 18.1 Å². The second-order valence-corrected chi connectivity index (χ2v) is 6.32. The van der Waals surface area contributed by atoms with E-state index in [1.165, 1.54) is 0 Å². The molecule has 0 aliphatic carbocycles. The summed E-state index contributed by atoms with van der Waals surface area (Å²) in [5.74, 6) is 0.0209.